The number of hydrogen-bond acceptors (Lipinski definition) is 4. The maximum Gasteiger partial charge on any atom is 0.119 e. The molecule has 0 saturated heterocycles. The van der Waals surface area contributed by atoms with Crippen molar-refractivity contribution in [3.05, 3.63) is 29.8 Å². The molecule has 0 aliphatic carbocycles. The first-order valence-corrected chi connectivity index (χ1v) is 4.97. The third-order valence-electron chi connectivity index (χ3n) is 2.04. The Bertz CT molecular complexity index is 291. The normalized spacial score (nSPS) is 12.5. The highest BCUT2D eigenvalue weighted by Crippen LogP contribution is 2.13. The first-order valence-electron chi connectivity index (χ1n) is 4.97. The van der Waals surface area contributed by atoms with Gasteiger partial charge in [-0.15, -0.1) is 0 Å². The molecule has 0 bridgehead atoms. The van der Waals surface area contributed by atoms with Gasteiger partial charge in [0.15, 0.2) is 0 Å². The Labute approximate surface area is 89.6 Å². The second kappa shape index (κ2) is 6.40. The largest absolute Gasteiger partial charge is 0.491 e. The van der Waals surface area contributed by atoms with Crippen LogP contribution in [0.25, 0.3) is 0 Å². The Morgan fingerprint density at radius 2 is 2.20 bits per heavy atom. The van der Waals surface area contributed by atoms with E-state index in [1.165, 1.54) is 5.56 Å². The molecule has 1 atom stereocenters. The topological polar surface area (TPSA) is 64.7 Å². The number of aryl methyl sites for hydroxylation is 1. The van der Waals surface area contributed by atoms with Crippen LogP contribution in [0.15, 0.2) is 24.3 Å². The summed E-state index contributed by atoms with van der Waals surface area (Å²) < 4.78 is 5.38. The second-order valence-electron chi connectivity index (χ2n) is 3.30. The lowest BCUT2D eigenvalue weighted by molar-refractivity contribution is 0.0116. The molecule has 0 fully saturated rings. The van der Waals surface area contributed by atoms with Gasteiger partial charge in [-0.2, -0.15) is 0 Å². The molecule has 15 heavy (non-hydrogen) atoms. The minimum atomic E-state index is -0.694. The van der Waals surface area contributed by atoms with Crippen LogP contribution in [0, 0.1) is 0 Å². The zero-order valence-electron chi connectivity index (χ0n) is 8.85. The van der Waals surface area contributed by atoms with Crippen LogP contribution in [0.2, 0.25) is 0 Å². The quantitative estimate of drug-likeness (QED) is 0.685. The lowest BCUT2D eigenvalue weighted by atomic mass is 10.2. The fourth-order valence-electron chi connectivity index (χ4n) is 1.21. The van der Waals surface area contributed by atoms with Crippen LogP contribution in [0.5, 0.6) is 5.75 Å². The number of rotatable bonds is 6. The van der Waals surface area contributed by atoms with E-state index >= 15 is 0 Å². The van der Waals surface area contributed by atoms with E-state index in [0.29, 0.717) is 0 Å². The number of ether oxygens (including phenoxy) is 1. The van der Waals surface area contributed by atoms with Gasteiger partial charge in [-0.1, -0.05) is 19.1 Å². The third kappa shape index (κ3) is 4.29. The molecule has 0 heterocycles. The average Bonchev–Trinajstić information content (AvgIpc) is 2.27. The van der Waals surface area contributed by atoms with Gasteiger partial charge < -0.3 is 14.7 Å². The average molecular weight is 211 g/mol. The molecule has 3 N–H and O–H groups in total. The first kappa shape index (κ1) is 12.0. The van der Waals surface area contributed by atoms with E-state index in [-0.39, 0.29) is 13.2 Å². The van der Waals surface area contributed by atoms with Gasteiger partial charge in [0, 0.05) is 0 Å². The molecule has 4 nitrogen and oxygen atoms in total. The number of aliphatic hydroxyl groups is 1. The summed E-state index contributed by atoms with van der Waals surface area (Å²) in [5.41, 5.74) is 1.21. The van der Waals surface area contributed by atoms with Crippen molar-refractivity contribution in [1.29, 1.82) is 0 Å². The van der Waals surface area contributed by atoms with Crippen LogP contribution in [0.4, 0.5) is 0 Å². The molecule has 0 aromatic heterocycles. The van der Waals surface area contributed by atoms with Gasteiger partial charge in [0.25, 0.3) is 0 Å². The van der Waals surface area contributed by atoms with Crippen molar-refractivity contribution in [2.75, 3.05) is 13.2 Å². The molecule has 0 aliphatic rings. The molecule has 1 rings (SSSR count). The van der Waals surface area contributed by atoms with Crippen molar-refractivity contribution >= 4 is 0 Å². The predicted octanol–water partition coefficient (Wildman–Crippen LogP) is 0.879. The number of benzene rings is 1. The summed E-state index contributed by atoms with van der Waals surface area (Å²) >= 11 is 0. The molecule has 0 spiro atoms. The first-order chi connectivity index (χ1) is 7.26. The summed E-state index contributed by atoms with van der Waals surface area (Å²) in [7, 11) is 0. The van der Waals surface area contributed by atoms with Crippen LogP contribution >= 0.6 is 0 Å². The Morgan fingerprint density at radius 3 is 2.87 bits per heavy atom. The molecule has 4 heteroatoms. The monoisotopic (exact) mass is 211 g/mol. The van der Waals surface area contributed by atoms with E-state index in [2.05, 4.69) is 11.8 Å². The fraction of sp³-hybridized carbons (Fsp3) is 0.455. The second-order valence-corrected chi connectivity index (χ2v) is 3.30. The van der Waals surface area contributed by atoms with Crippen LogP contribution in [-0.2, 0) is 11.3 Å². The maximum atomic E-state index is 9.31. The number of nitrogens with two attached hydrogens (primary N) is 1. The van der Waals surface area contributed by atoms with Gasteiger partial charge in [-0.3, -0.25) is 0 Å². The minimum absolute atomic E-state index is 0.0769. The predicted molar refractivity (Wildman–Crippen MR) is 57.5 cm³/mol. The standard InChI is InChI=1S/C11H17NO3/c1-2-9-4-3-5-11(6-9)14-7-10(13)8-15-12/h3-6,10,13H,2,7-8,12H2,1H3. The van der Waals surface area contributed by atoms with Crippen LogP contribution < -0.4 is 10.6 Å². The highest BCUT2D eigenvalue weighted by atomic mass is 16.6. The van der Waals surface area contributed by atoms with Gasteiger partial charge in [0.05, 0.1) is 6.61 Å². The summed E-state index contributed by atoms with van der Waals surface area (Å²) in [6.45, 7) is 2.34. The molecular weight excluding hydrogens is 194 g/mol. The lowest BCUT2D eigenvalue weighted by Crippen LogP contribution is -2.25. The summed E-state index contributed by atoms with van der Waals surface area (Å²) in [6.07, 6.45) is 0.270. The maximum absolute atomic E-state index is 9.31. The van der Waals surface area contributed by atoms with Crippen molar-refractivity contribution < 1.29 is 14.7 Å². The molecular formula is C11H17NO3. The number of aliphatic hydroxyl groups excluding tert-OH is 1. The molecule has 0 amide bonds. The van der Waals surface area contributed by atoms with Crippen LogP contribution in [-0.4, -0.2) is 24.4 Å². The molecule has 1 aromatic rings. The summed E-state index contributed by atoms with van der Waals surface area (Å²) in [5, 5.41) is 9.31. The fourth-order valence-corrected chi connectivity index (χ4v) is 1.21. The zero-order chi connectivity index (χ0) is 11.1. The van der Waals surface area contributed by atoms with E-state index in [4.69, 9.17) is 10.6 Å². The van der Waals surface area contributed by atoms with Crippen LogP contribution in [0.3, 0.4) is 0 Å². The minimum Gasteiger partial charge on any atom is -0.491 e. The summed E-state index contributed by atoms with van der Waals surface area (Å²) in [6, 6.07) is 7.78. The molecule has 84 valence electrons. The van der Waals surface area contributed by atoms with Crippen molar-refractivity contribution in [2.45, 2.75) is 19.4 Å². The number of hydrogen-bond donors (Lipinski definition) is 2. The van der Waals surface area contributed by atoms with E-state index in [0.717, 1.165) is 12.2 Å². The molecule has 0 radical (unpaired) electrons. The van der Waals surface area contributed by atoms with Crippen molar-refractivity contribution in [3.8, 4) is 5.75 Å². The Morgan fingerprint density at radius 1 is 1.40 bits per heavy atom. The van der Waals surface area contributed by atoms with Gasteiger partial charge in [0.2, 0.25) is 0 Å². The molecule has 1 aromatic carbocycles. The zero-order valence-corrected chi connectivity index (χ0v) is 8.85. The SMILES string of the molecule is CCc1cccc(OCC(O)CON)c1. The van der Waals surface area contributed by atoms with Gasteiger partial charge in [0.1, 0.15) is 18.5 Å². The molecule has 1 unspecified atom stereocenters. The highest BCUT2D eigenvalue weighted by molar-refractivity contribution is 5.28. The van der Waals surface area contributed by atoms with E-state index in [9.17, 15) is 5.11 Å². The van der Waals surface area contributed by atoms with E-state index in [1.54, 1.807) is 0 Å². The Hall–Kier alpha value is -1.10. The molecule has 0 aliphatic heterocycles. The Balaban J connectivity index is 2.43. The Kier molecular flexibility index (Phi) is 5.10. The van der Waals surface area contributed by atoms with Gasteiger partial charge >= 0.3 is 0 Å². The van der Waals surface area contributed by atoms with E-state index in [1.807, 2.05) is 24.3 Å². The van der Waals surface area contributed by atoms with Crippen LogP contribution in [0.1, 0.15) is 12.5 Å². The smallest absolute Gasteiger partial charge is 0.119 e. The third-order valence-corrected chi connectivity index (χ3v) is 2.04. The van der Waals surface area contributed by atoms with Gasteiger partial charge in [-0.05, 0) is 24.1 Å². The summed E-state index contributed by atoms with van der Waals surface area (Å²) in [4.78, 5) is 4.31. The van der Waals surface area contributed by atoms with Gasteiger partial charge in [-0.25, -0.2) is 5.90 Å². The highest BCUT2D eigenvalue weighted by Gasteiger charge is 2.04. The van der Waals surface area contributed by atoms with Crippen molar-refractivity contribution in [1.82, 2.24) is 0 Å². The van der Waals surface area contributed by atoms with Crippen molar-refractivity contribution in [3.63, 3.8) is 0 Å². The van der Waals surface area contributed by atoms with Crippen molar-refractivity contribution in [2.24, 2.45) is 5.90 Å². The lowest BCUT2D eigenvalue weighted by Gasteiger charge is -2.11. The van der Waals surface area contributed by atoms with E-state index < -0.39 is 6.10 Å². The summed E-state index contributed by atoms with van der Waals surface area (Å²) in [5.74, 6) is 5.58. The molecule has 0 saturated carbocycles.